The predicted molar refractivity (Wildman–Crippen MR) is 92.5 cm³/mol. The molecule has 0 spiro atoms. The minimum Gasteiger partial charge on any atom is -0.314 e. The molecule has 0 aromatic heterocycles. The van der Waals surface area contributed by atoms with Gasteiger partial charge in [0.1, 0.15) is 11.6 Å². The van der Waals surface area contributed by atoms with Gasteiger partial charge < -0.3 is 5.32 Å². The first kappa shape index (κ1) is 21.9. The number of benzene rings is 1. The molecular formula is C15H23Cl3F2N2. The summed E-state index contributed by atoms with van der Waals surface area (Å²) in [4.78, 5) is 2.16. The first-order valence-electron chi connectivity index (χ1n) is 7.14. The van der Waals surface area contributed by atoms with Crippen molar-refractivity contribution in [2.75, 3.05) is 26.2 Å². The molecule has 128 valence electrons. The summed E-state index contributed by atoms with van der Waals surface area (Å²) in [5.74, 6) is -0.957. The number of piperazine rings is 1. The van der Waals surface area contributed by atoms with Gasteiger partial charge in [-0.3, -0.25) is 4.90 Å². The molecule has 0 saturated carbocycles. The zero-order chi connectivity index (χ0) is 14.7. The lowest BCUT2D eigenvalue weighted by Gasteiger charge is -2.38. The van der Waals surface area contributed by atoms with Gasteiger partial charge in [0.05, 0.1) is 5.02 Å². The van der Waals surface area contributed by atoms with E-state index in [1.54, 1.807) is 0 Å². The second-order valence-corrected chi connectivity index (χ2v) is 5.78. The van der Waals surface area contributed by atoms with Gasteiger partial charge in [0.25, 0.3) is 0 Å². The zero-order valence-electron chi connectivity index (χ0n) is 12.7. The fourth-order valence-electron chi connectivity index (χ4n) is 2.82. The van der Waals surface area contributed by atoms with E-state index in [1.807, 2.05) is 13.8 Å². The Kier molecular flexibility index (Phi) is 9.83. The van der Waals surface area contributed by atoms with Crippen LogP contribution in [0, 0.1) is 17.6 Å². The number of halogens is 5. The van der Waals surface area contributed by atoms with Crippen LogP contribution in [0.25, 0.3) is 0 Å². The Bertz CT molecular complexity index is 468. The van der Waals surface area contributed by atoms with Gasteiger partial charge in [0.15, 0.2) is 0 Å². The fourth-order valence-corrected chi connectivity index (χ4v) is 2.99. The van der Waals surface area contributed by atoms with Crippen molar-refractivity contribution in [2.24, 2.45) is 5.92 Å². The summed E-state index contributed by atoms with van der Waals surface area (Å²) in [7, 11) is 0. The average Bonchev–Trinajstić information content (AvgIpc) is 2.48. The highest BCUT2D eigenvalue weighted by atomic mass is 35.5. The van der Waals surface area contributed by atoms with Crippen molar-refractivity contribution in [3.63, 3.8) is 0 Å². The van der Waals surface area contributed by atoms with Gasteiger partial charge in [-0.05, 0) is 18.1 Å². The van der Waals surface area contributed by atoms with Crippen LogP contribution in [0.15, 0.2) is 12.1 Å². The molecule has 0 radical (unpaired) electrons. The molecule has 2 nitrogen and oxygen atoms in total. The van der Waals surface area contributed by atoms with Crippen molar-refractivity contribution in [3.05, 3.63) is 34.4 Å². The van der Waals surface area contributed by atoms with Crippen LogP contribution in [0.5, 0.6) is 0 Å². The van der Waals surface area contributed by atoms with Gasteiger partial charge in [0, 0.05) is 37.8 Å². The van der Waals surface area contributed by atoms with Crippen LogP contribution in [-0.4, -0.2) is 31.1 Å². The van der Waals surface area contributed by atoms with Crippen molar-refractivity contribution >= 4 is 36.4 Å². The Labute approximate surface area is 148 Å². The van der Waals surface area contributed by atoms with Crippen LogP contribution in [0.4, 0.5) is 8.78 Å². The highest BCUT2D eigenvalue weighted by molar-refractivity contribution is 6.30. The van der Waals surface area contributed by atoms with E-state index in [0.29, 0.717) is 0 Å². The maximum absolute atomic E-state index is 14.3. The SMILES string of the molecule is CCC(C)[C@H](c1c(F)ccc(Cl)c1F)N1CCNCC1.Cl.Cl. The van der Waals surface area contributed by atoms with Crippen molar-refractivity contribution < 1.29 is 8.78 Å². The molecule has 0 bridgehead atoms. The summed E-state index contributed by atoms with van der Waals surface area (Å²) >= 11 is 5.84. The fraction of sp³-hybridized carbons (Fsp3) is 0.600. The van der Waals surface area contributed by atoms with Gasteiger partial charge in [-0.25, -0.2) is 8.78 Å². The topological polar surface area (TPSA) is 15.3 Å². The summed E-state index contributed by atoms with van der Waals surface area (Å²) in [5, 5.41) is 3.25. The molecule has 0 amide bonds. The molecule has 1 heterocycles. The maximum Gasteiger partial charge on any atom is 0.149 e. The minimum atomic E-state index is -0.615. The molecule has 1 aromatic rings. The molecule has 1 aliphatic rings. The zero-order valence-corrected chi connectivity index (χ0v) is 15.1. The molecule has 2 rings (SSSR count). The first-order valence-corrected chi connectivity index (χ1v) is 7.52. The summed E-state index contributed by atoms with van der Waals surface area (Å²) in [5.41, 5.74) is 0.119. The smallest absolute Gasteiger partial charge is 0.149 e. The van der Waals surface area contributed by atoms with E-state index >= 15 is 0 Å². The monoisotopic (exact) mass is 374 g/mol. The number of hydrogen-bond acceptors (Lipinski definition) is 2. The van der Waals surface area contributed by atoms with E-state index < -0.39 is 11.6 Å². The molecule has 1 aliphatic heterocycles. The third-order valence-electron chi connectivity index (χ3n) is 4.10. The van der Waals surface area contributed by atoms with Gasteiger partial charge in [0.2, 0.25) is 0 Å². The largest absolute Gasteiger partial charge is 0.314 e. The van der Waals surface area contributed by atoms with Crippen LogP contribution < -0.4 is 5.32 Å². The normalized spacial score (nSPS) is 18.0. The van der Waals surface area contributed by atoms with E-state index in [1.165, 1.54) is 12.1 Å². The van der Waals surface area contributed by atoms with Crippen molar-refractivity contribution in [1.29, 1.82) is 0 Å². The third-order valence-corrected chi connectivity index (χ3v) is 4.40. The number of hydrogen-bond donors (Lipinski definition) is 1. The lowest BCUT2D eigenvalue weighted by atomic mass is 9.89. The predicted octanol–water partition coefficient (Wildman–Crippen LogP) is 4.45. The lowest BCUT2D eigenvalue weighted by Crippen LogP contribution is -2.47. The average molecular weight is 376 g/mol. The van der Waals surface area contributed by atoms with Gasteiger partial charge in [-0.2, -0.15) is 0 Å². The van der Waals surface area contributed by atoms with E-state index in [-0.39, 0.29) is 47.4 Å². The van der Waals surface area contributed by atoms with Crippen LogP contribution in [0.2, 0.25) is 5.02 Å². The van der Waals surface area contributed by atoms with Gasteiger partial charge >= 0.3 is 0 Å². The van der Waals surface area contributed by atoms with E-state index in [0.717, 1.165) is 32.6 Å². The molecule has 7 heteroatoms. The van der Waals surface area contributed by atoms with Crippen molar-refractivity contribution in [3.8, 4) is 0 Å². The Hall–Kier alpha value is -0.130. The molecule has 2 atom stereocenters. The van der Waals surface area contributed by atoms with Crippen LogP contribution in [-0.2, 0) is 0 Å². The van der Waals surface area contributed by atoms with Crippen molar-refractivity contribution in [2.45, 2.75) is 26.3 Å². The van der Waals surface area contributed by atoms with Gasteiger partial charge in [-0.1, -0.05) is 31.9 Å². The van der Waals surface area contributed by atoms with Crippen molar-refractivity contribution in [1.82, 2.24) is 10.2 Å². The Morgan fingerprint density at radius 1 is 1.23 bits per heavy atom. The standard InChI is InChI=1S/C15H21ClF2N2.2ClH/c1-3-10(2)15(20-8-6-19-7-9-20)13-12(17)5-4-11(16)14(13)18;;/h4-5,10,15,19H,3,6-9H2,1-2H3;2*1H/t10?,15-;;/m1../s1. The molecule has 1 aromatic carbocycles. The number of rotatable bonds is 4. The highest BCUT2D eigenvalue weighted by Gasteiger charge is 2.31. The molecule has 1 unspecified atom stereocenters. The second kappa shape index (κ2) is 9.89. The lowest BCUT2D eigenvalue weighted by molar-refractivity contribution is 0.122. The highest BCUT2D eigenvalue weighted by Crippen LogP contribution is 2.36. The molecule has 0 aliphatic carbocycles. The summed E-state index contributed by atoms with van der Waals surface area (Å²) < 4.78 is 28.5. The molecule has 1 fully saturated rings. The third kappa shape index (κ3) is 4.68. The van der Waals surface area contributed by atoms with Gasteiger partial charge in [-0.15, -0.1) is 24.8 Å². The Morgan fingerprint density at radius 3 is 2.36 bits per heavy atom. The number of nitrogens with one attached hydrogen (secondary N) is 1. The molecule has 22 heavy (non-hydrogen) atoms. The summed E-state index contributed by atoms with van der Waals surface area (Å²) in [6, 6.07) is 2.28. The van der Waals surface area contributed by atoms with E-state index in [2.05, 4.69) is 10.2 Å². The maximum atomic E-state index is 14.3. The minimum absolute atomic E-state index is 0. The first-order chi connectivity index (χ1) is 9.56. The van der Waals surface area contributed by atoms with E-state index in [4.69, 9.17) is 11.6 Å². The Balaban J connectivity index is 0.00000220. The Morgan fingerprint density at radius 2 is 1.82 bits per heavy atom. The number of nitrogens with zero attached hydrogens (tertiary/aromatic N) is 1. The van der Waals surface area contributed by atoms with E-state index in [9.17, 15) is 8.78 Å². The molecule has 1 N–H and O–H groups in total. The molecular weight excluding hydrogens is 353 g/mol. The van der Waals surface area contributed by atoms with Crippen LogP contribution in [0.1, 0.15) is 31.9 Å². The van der Waals surface area contributed by atoms with Crippen LogP contribution >= 0.6 is 36.4 Å². The van der Waals surface area contributed by atoms with Crippen LogP contribution in [0.3, 0.4) is 0 Å². The quantitative estimate of drug-likeness (QED) is 0.782. The summed E-state index contributed by atoms with van der Waals surface area (Å²) in [6.07, 6.45) is 0.861. The summed E-state index contributed by atoms with van der Waals surface area (Å²) in [6.45, 7) is 7.35. The second-order valence-electron chi connectivity index (χ2n) is 5.37. The molecule has 1 saturated heterocycles.